The second kappa shape index (κ2) is 7.89. The Hall–Kier alpha value is -0.340. The Morgan fingerprint density at radius 1 is 1.13 bits per heavy atom. The van der Waals surface area contributed by atoms with Crippen LogP contribution in [-0.2, 0) is 18.6 Å². The van der Waals surface area contributed by atoms with E-state index in [1.54, 1.807) is 6.92 Å². The van der Waals surface area contributed by atoms with Crippen LogP contribution in [0.25, 0.3) is 0 Å². The van der Waals surface area contributed by atoms with Gasteiger partial charge in [0.2, 0.25) is 7.37 Å². The number of hydrogen-bond donors (Lipinski definition) is 0. The number of carbonyl (C=O) groups excluding carboxylic acids is 1. The molecule has 0 saturated heterocycles. The number of rotatable bonds is 8. The molecular formula is C10H21O4P. The van der Waals surface area contributed by atoms with Crippen LogP contribution in [0.5, 0.6) is 0 Å². The first-order valence-corrected chi connectivity index (χ1v) is 7.45. The summed E-state index contributed by atoms with van der Waals surface area (Å²) in [5.74, 6) is -0.298. The molecule has 0 spiro atoms. The monoisotopic (exact) mass is 236 g/mol. The first-order valence-electron chi connectivity index (χ1n) is 5.46. The fourth-order valence-corrected chi connectivity index (χ4v) is 3.47. The standard InChI is InChI=1S/C10H21O4P/c1-4-8-15(12,14-6-3)9-7-10(11)13-5-2/h4-9H2,1-3H3. The Morgan fingerprint density at radius 2 is 1.80 bits per heavy atom. The fourth-order valence-electron chi connectivity index (χ4n) is 1.31. The molecule has 0 fully saturated rings. The van der Waals surface area contributed by atoms with Crippen LogP contribution >= 0.6 is 7.37 Å². The summed E-state index contributed by atoms with van der Waals surface area (Å²) in [6, 6.07) is 0. The molecule has 0 bridgehead atoms. The minimum Gasteiger partial charge on any atom is -0.466 e. The van der Waals surface area contributed by atoms with Gasteiger partial charge in [0.05, 0.1) is 19.6 Å². The molecule has 0 amide bonds. The SMILES string of the molecule is CCCP(=O)(CCC(=O)OCC)OCC. The lowest BCUT2D eigenvalue weighted by Crippen LogP contribution is -2.08. The van der Waals surface area contributed by atoms with Gasteiger partial charge in [0.1, 0.15) is 0 Å². The van der Waals surface area contributed by atoms with Crippen molar-refractivity contribution in [1.29, 1.82) is 0 Å². The quantitative estimate of drug-likeness (QED) is 0.480. The Labute approximate surface area is 91.8 Å². The van der Waals surface area contributed by atoms with Crippen molar-refractivity contribution < 1.29 is 18.6 Å². The smallest absolute Gasteiger partial charge is 0.306 e. The average molecular weight is 236 g/mol. The molecule has 4 nitrogen and oxygen atoms in total. The zero-order valence-electron chi connectivity index (χ0n) is 9.82. The van der Waals surface area contributed by atoms with Crippen LogP contribution in [0.4, 0.5) is 0 Å². The van der Waals surface area contributed by atoms with Gasteiger partial charge in [-0.25, -0.2) is 0 Å². The number of esters is 1. The van der Waals surface area contributed by atoms with Crippen molar-refractivity contribution in [2.24, 2.45) is 0 Å². The van der Waals surface area contributed by atoms with E-state index in [0.29, 0.717) is 25.5 Å². The third-order valence-corrected chi connectivity index (χ3v) is 4.65. The number of hydrogen-bond acceptors (Lipinski definition) is 4. The van der Waals surface area contributed by atoms with Gasteiger partial charge in [0.25, 0.3) is 0 Å². The van der Waals surface area contributed by atoms with Crippen molar-refractivity contribution in [2.75, 3.05) is 25.5 Å². The Morgan fingerprint density at radius 3 is 2.27 bits per heavy atom. The maximum atomic E-state index is 12.1. The molecule has 0 aliphatic rings. The van der Waals surface area contributed by atoms with E-state index in [-0.39, 0.29) is 12.4 Å². The van der Waals surface area contributed by atoms with E-state index in [1.165, 1.54) is 0 Å². The molecule has 0 saturated carbocycles. The van der Waals surface area contributed by atoms with Gasteiger partial charge in [-0.1, -0.05) is 6.92 Å². The van der Waals surface area contributed by atoms with Crippen molar-refractivity contribution in [3.05, 3.63) is 0 Å². The topological polar surface area (TPSA) is 52.6 Å². The normalized spacial score (nSPS) is 14.6. The Bertz CT molecular complexity index is 217. The lowest BCUT2D eigenvalue weighted by atomic mass is 10.5. The van der Waals surface area contributed by atoms with E-state index in [4.69, 9.17) is 9.26 Å². The summed E-state index contributed by atoms with van der Waals surface area (Å²) >= 11 is 0. The minimum absolute atomic E-state index is 0.186. The second-order valence-electron chi connectivity index (χ2n) is 3.23. The number of ether oxygens (including phenoxy) is 1. The van der Waals surface area contributed by atoms with Crippen molar-refractivity contribution in [1.82, 2.24) is 0 Å². The Kier molecular flexibility index (Phi) is 7.71. The third-order valence-electron chi connectivity index (χ3n) is 1.89. The minimum atomic E-state index is -2.60. The van der Waals surface area contributed by atoms with E-state index >= 15 is 0 Å². The molecule has 90 valence electrons. The molecule has 5 heteroatoms. The molecule has 0 heterocycles. The molecule has 1 atom stereocenters. The van der Waals surface area contributed by atoms with Crippen LogP contribution in [-0.4, -0.2) is 31.5 Å². The molecule has 0 radical (unpaired) electrons. The number of carbonyl (C=O) groups is 1. The summed E-state index contributed by atoms with van der Waals surface area (Å²) in [6.45, 7) is 6.32. The van der Waals surface area contributed by atoms with Crippen LogP contribution in [0.3, 0.4) is 0 Å². The maximum absolute atomic E-state index is 12.1. The van der Waals surface area contributed by atoms with Crippen LogP contribution in [0.15, 0.2) is 0 Å². The summed E-state index contributed by atoms with van der Waals surface area (Å²) in [5.41, 5.74) is 0. The summed E-state index contributed by atoms with van der Waals surface area (Å²) in [6.07, 6.45) is 1.83. The lowest BCUT2D eigenvalue weighted by Gasteiger charge is -2.16. The third kappa shape index (κ3) is 6.69. The zero-order valence-corrected chi connectivity index (χ0v) is 10.7. The van der Waals surface area contributed by atoms with Gasteiger partial charge in [0.15, 0.2) is 0 Å². The van der Waals surface area contributed by atoms with E-state index < -0.39 is 7.37 Å². The second-order valence-corrected chi connectivity index (χ2v) is 6.02. The molecule has 0 aromatic heterocycles. The highest BCUT2D eigenvalue weighted by molar-refractivity contribution is 7.59. The van der Waals surface area contributed by atoms with Gasteiger partial charge in [-0.3, -0.25) is 9.36 Å². The highest BCUT2D eigenvalue weighted by Crippen LogP contribution is 2.47. The largest absolute Gasteiger partial charge is 0.466 e. The molecular weight excluding hydrogens is 215 g/mol. The average Bonchev–Trinajstić information content (AvgIpc) is 2.16. The van der Waals surface area contributed by atoms with Crippen LogP contribution in [0.2, 0.25) is 0 Å². The zero-order chi connectivity index (χ0) is 11.7. The first kappa shape index (κ1) is 14.7. The summed E-state index contributed by atoms with van der Waals surface area (Å²) < 4.78 is 22.1. The highest BCUT2D eigenvalue weighted by atomic mass is 31.2. The van der Waals surface area contributed by atoms with E-state index in [1.807, 2.05) is 13.8 Å². The van der Waals surface area contributed by atoms with Gasteiger partial charge in [-0.05, 0) is 20.3 Å². The molecule has 0 N–H and O–H groups in total. The molecule has 15 heavy (non-hydrogen) atoms. The lowest BCUT2D eigenvalue weighted by molar-refractivity contribution is -0.142. The van der Waals surface area contributed by atoms with Gasteiger partial charge in [0, 0.05) is 12.3 Å². The maximum Gasteiger partial charge on any atom is 0.306 e. The van der Waals surface area contributed by atoms with Gasteiger partial charge in [-0.15, -0.1) is 0 Å². The van der Waals surface area contributed by atoms with Crippen LogP contribution in [0, 0.1) is 0 Å². The fraction of sp³-hybridized carbons (Fsp3) is 0.900. The summed E-state index contributed by atoms with van der Waals surface area (Å²) in [4.78, 5) is 11.1. The molecule has 1 unspecified atom stereocenters. The van der Waals surface area contributed by atoms with E-state index in [9.17, 15) is 9.36 Å². The van der Waals surface area contributed by atoms with Gasteiger partial charge in [-0.2, -0.15) is 0 Å². The van der Waals surface area contributed by atoms with Gasteiger partial charge >= 0.3 is 5.97 Å². The highest BCUT2D eigenvalue weighted by Gasteiger charge is 2.22. The molecule has 0 aliphatic carbocycles. The van der Waals surface area contributed by atoms with Crippen molar-refractivity contribution in [3.8, 4) is 0 Å². The van der Waals surface area contributed by atoms with Crippen LogP contribution < -0.4 is 0 Å². The first-order chi connectivity index (χ1) is 7.08. The molecule has 0 aromatic carbocycles. The molecule has 0 rings (SSSR count). The summed E-state index contributed by atoms with van der Waals surface area (Å²) in [7, 11) is -2.60. The molecule has 0 aromatic rings. The van der Waals surface area contributed by atoms with Crippen LogP contribution in [0.1, 0.15) is 33.6 Å². The van der Waals surface area contributed by atoms with Crippen molar-refractivity contribution >= 4 is 13.3 Å². The van der Waals surface area contributed by atoms with Crippen molar-refractivity contribution in [2.45, 2.75) is 33.6 Å². The molecule has 0 aliphatic heterocycles. The van der Waals surface area contributed by atoms with E-state index in [0.717, 1.165) is 6.42 Å². The van der Waals surface area contributed by atoms with E-state index in [2.05, 4.69) is 0 Å². The van der Waals surface area contributed by atoms with Crippen molar-refractivity contribution in [3.63, 3.8) is 0 Å². The Balaban J connectivity index is 4.06. The predicted octanol–water partition coefficient (Wildman–Crippen LogP) is 2.66. The van der Waals surface area contributed by atoms with Gasteiger partial charge < -0.3 is 9.26 Å². The predicted molar refractivity (Wildman–Crippen MR) is 60.5 cm³/mol. The summed E-state index contributed by atoms with van der Waals surface area (Å²) in [5, 5.41) is 0.